The maximum absolute atomic E-state index is 12.7. The number of hydrogen-bond acceptors (Lipinski definition) is 8. The van der Waals surface area contributed by atoms with E-state index in [1.165, 1.54) is 18.9 Å². The van der Waals surface area contributed by atoms with Crippen molar-refractivity contribution < 1.29 is 14.3 Å². The van der Waals surface area contributed by atoms with Gasteiger partial charge in [0.05, 0.1) is 31.9 Å². The van der Waals surface area contributed by atoms with E-state index in [2.05, 4.69) is 25.5 Å². The van der Waals surface area contributed by atoms with Gasteiger partial charge in [-0.15, -0.1) is 10.2 Å². The van der Waals surface area contributed by atoms with E-state index in [0.717, 1.165) is 11.3 Å². The van der Waals surface area contributed by atoms with Crippen LogP contribution in [-0.4, -0.2) is 50.6 Å². The number of carbonyl (C=O) groups excluding carboxylic acids is 1. The maximum atomic E-state index is 12.7. The lowest BCUT2D eigenvalue weighted by molar-refractivity contribution is -0.113. The van der Waals surface area contributed by atoms with E-state index in [1.807, 2.05) is 35.8 Å². The number of thioether (sulfide) groups is 1. The van der Waals surface area contributed by atoms with Crippen LogP contribution in [0.5, 0.6) is 11.5 Å². The van der Waals surface area contributed by atoms with E-state index >= 15 is 0 Å². The summed E-state index contributed by atoms with van der Waals surface area (Å²) in [5.41, 5.74) is 3.15. The Balaban J connectivity index is 1.56. The van der Waals surface area contributed by atoms with E-state index < -0.39 is 0 Å². The van der Waals surface area contributed by atoms with Gasteiger partial charge in [0.1, 0.15) is 17.2 Å². The molecule has 1 N–H and O–H groups in total. The molecule has 0 atom stereocenters. The highest BCUT2D eigenvalue weighted by molar-refractivity contribution is 7.99. The summed E-state index contributed by atoms with van der Waals surface area (Å²) in [5, 5.41) is 12.1. The molecule has 0 fully saturated rings. The Morgan fingerprint density at radius 2 is 1.88 bits per heavy atom. The molecule has 0 aliphatic heterocycles. The third-order valence-corrected chi connectivity index (χ3v) is 5.66. The normalized spacial score (nSPS) is 10.6. The molecule has 0 spiro atoms. The average molecular weight is 463 g/mol. The lowest BCUT2D eigenvalue weighted by Gasteiger charge is -2.12. The summed E-state index contributed by atoms with van der Waals surface area (Å²) in [6.45, 7) is 2.02. The number of anilines is 1. The molecule has 2 heterocycles. The van der Waals surface area contributed by atoms with Crippen molar-refractivity contribution in [3.8, 4) is 28.7 Å². The van der Waals surface area contributed by atoms with E-state index in [4.69, 9.17) is 9.47 Å². The number of amides is 1. The number of nitrogens with zero attached hydrogens (tertiary/aromatic N) is 5. The Bertz CT molecular complexity index is 1250. The van der Waals surface area contributed by atoms with Crippen LogP contribution < -0.4 is 14.8 Å². The highest BCUT2D eigenvalue weighted by atomic mass is 32.2. The minimum Gasteiger partial charge on any atom is -0.497 e. The highest BCUT2D eigenvalue weighted by Crippen LogP contribution is 2.30. The zero-order valence-electron chi connectivity index (χ0n) is 18.3. The number of ether oxygens (including phenoxy) is 2. The van der Waals surface area contributed by atoms with Crippen molar-refractivity contribution in [1.82, 2.24) is 24.7 Å². The van der Waals surface area contributed by atoms with Crippen LogP contribution in [0.15, 0.2) is 66.2 Å². The van der Waals surface area contributed by atoms with Crippen LogP contribution in [0.3, 0.4) is 0 Å². The van der Waals surface area contributed by atoms with Crippen LogP contribution in [0, 0.1) is 6.92 Å². The first-order valence-corrected chi connectivity index (χ1v) is 11.0. The number of hydrogen-bond donors (Lipinski definition) is 1. The summed E-state index contributed by atoms with van der Waals surface area (Å²) < 4.78 is 12.4. The smallest absolute Gasteiger partial charge is 0.234 e. The molecule has 9 nitrogen and oxygen atoms in total. The van der Waals surface area contributed by atoms with Gasteiger partial charge < -0.3 is 14.8 Å². The third kappa shape index (κ3) is 5.12. The summed E-state index contributed by atoms with van der Waals surface area (Å²) >= 11 is 1.27. The first-order chi connectivity index (χ1) is 16.1. The van der Waals surface area contributed by atoms with Gasteiger partial charge in [-0.3, -0.25) is 14.3 Å². The van der Waals surface area contributed by atoms with Gasteiger partial charge in [-0.25, -0.2) is 4.98 Å². The highest BCUT2D eigenvalue weighted by Gasteiger charge is 2.19. The molecule has 2 aromatic carbocycles. The van der Waals surface area contributed by atoms with Crippen LogP contribution in [0.4, 0.5) is 5.69 Å². The predicted molar refractivity (Wildman–Crippen MR) is 126 cm³/mol. The number of carbonyl (C=O) groups is 1. The Morgan fingerprint density at radius 1 is 1.06 bits per heavy atom. The molecule has 0 radical (unpaired) electrons. The van der Waals surface area contributed by atoms with E-state index in [-0.39, 0.29) is 11.7 Å². The molecular weight excluding hydrogens is 440 g/mol. The zero-order chi connectivity index (χ0) is 23.2. The number of aromatic nitrogens is 5. The first kappa shape index (κ1) is 22.3. The summed E-state index contributed by atoms with van der Waals surface area (Å²) in [5.74, 6) is 1.62. The van der Waals surface area contributed by atoms with Gasteiger partial charge in [0, 0.05) is 24.1 Å². The van der Waals surface area contributed by atoms with Gasteiger partial charge in [-0.2, -0.15) is 0 Å². The van der Waals surface area contributed by atoms with Crippen LogP contribution in [0.2, 0.25) is 0 Å². The molecule has 0 saturated carbocycles. The molecule has 0 saturated heterocycles. The Hall–Kier alpha value is -3.92. The second kappa shape index (κ2) is 10.1. The van der Waals surface area contributed by atoms with Gasteiger partial charge in [-0.05, 0) is 31.2 Å². The Kier molecular flexibility index (Phi) is 6.84. The molecule has 33 heavy (non-hydrogen) atoms. The lowest BCUT2D eigenvalue weighted by atomic mass is 10.2. The SMILES string of the molecule is COc1ccc(NC(=O)CSc2nnc(-c3cnccn3)n2-c2ccc(C)cc2)c(OC)c1. The molecule has 0 bridgehead atoms. The van der Waals surface area contributed by atoms with Gasteiger partial charge in [0.15, 0.2) is 11.0 Å². The van der Waals surface area contributed by atoms with E-state index in [9.17, 15) is 4.79 Å². The fraction of sp³-hybridized carbons (Fsp3) is 0.174. The standard InChI is InChI=1S/C23H22N6O3S/c1-15-4-6-16(7-5-15)29-22(19-13-24-10-11-25-19)27-28-23(29)33-14-21(30)26-18-9-8-17(31-2)12-20(18)32-3/h4-13H,14H2,1-3H3,(H,26,30). The maximum Gasteiger partial charge on any atom is 0.234 e. The molecular formula is C23H22N6O3S. The van der Waals surface area contributed by atoms with Crippen molar-refractivity contribution in [2.45, 2.75) is 12.1 Å². The lowest BCUT2D eigenvalue weighted by Crippen LogP contribution is -2.15. The fourth-order valence-electron chi connectivity index (χ4n) is 3.09. The second-order valence-electron chi connectivity index (χ2n) is 6.97. The minimum absolute atomic E-state index is 0.125. The van der Waals surface area contributed by atoms with Gasteiger partial charge in [-0.1, -0.05) is 29.5 Å². The van der Waals surface area contributed by atoms with E-state index in [0.29, 0.717) is 33.9 Å². The zero-order valence-corrected chi connectivity index (χ0v) is 19.2. The largest absolute Gasteiger partial charge is 0.497 e. The number of nitrogens with one attached hydrogen (secondary N) is 1. The Morgan fingerprint density at radius 3 is 2.58 bits per heavy atom. The molecule has 10 heteroatoms. The van der Waals surface area contributed by atoms with Crippen LogP contribution in [0.25, 0.3) is 17.2 Å². The third-order valence-electron chi connectivity index (χ3n) is 4.73. The molecule has 4 rings (SSSR count). The average Bonchev–Trinajstić information content (AvgIpc) is 3.28. The van der Waals surface area contributed by atoms with Crippen molar-refractivity contribution in [1.29, 1.82) is 0 Å². The summed E-state index contributed by atoms with van der Waals surface area (Å²) in [4.78, 5) is 21.2. The van der Waals surface area contributed by atoms with Crippen molar-refractivity contribution in [3.05, 3.63) is 66.6 Å². The number of methoxy groups -OCH3 is 2. The van der Waals surface area contributed by atoms with Crippen LogP contribution in [0.1, 0.15) is 5.56 Å². The summed E-state index contributed by atoms with van der Waals surface area (Å²) in [7, 11) is 3.11. The van der Waals surface area contributed by atoms with Crippen molar-refractivity contribution in [2.24, 2.45) is 0 Å². The monoisotopic (exact) mass is 462 g/mol. The Labute approximate surface area is 195 Å². The second-order valence-corrected chi connectivity index (χ2v) is 7.91. The van der Waals surface area contributed by atoms with Crippen LogP contribution >= 0.6 is 11.8 Å². The molecule has 0 aliphatic carbocycles. The molecule has 0 aliphatic rings. The predicted octanol–water partition coefficient (Wildman–Crippen LogP) is 3.78. The van der Waals surface area contributed by atoms with Crippen molar-refractivity contribution in [3.63, 3.8) is 0 Å². The van der Waals surface area contributed by atoms with Gasteiger partial charge >= 0.3 is 0 Å². The quantitative estimate of drug-likeness (QED) is 0.395. The molecule has 4 aromatic rings. The summed E-state index contributed by atoms with van der Waals surface area (Å²) in [6, 6.07) is 13.2. The van der Waals surface area contributed by atoms with Crippen molar-refractivity contribution in [2.75, 3.05) is 25.3 Å². The minimum atomic E-state index is -0.206. The molecule has 168 valence electrons. The topological polar surface area (TPSA) is 104 Å². The number of aryl methyl sites for hydroxylation is 1. The number of benzene rings is 2. The van der Waals surface area contributed by atoms with Crippen LogP contribution in [-0.2, 0) is 4.79 Å². The molecule has 0 unspecified atom stereocenters. The van der Waals surface area contributed by atoms with Gasteiger partial charge in [0.2, 0.25) is 5.91 Å². The summed E-state index contributed by atoms with van der Waals surface area (Å²) in [6.07, 6.45) is 4.83. The van der Waals surface area contributed by atoms with Crippen molar-refractivity contribution >= 4 is 23.4 Å². The fourth-order valence-corrected chi connectivity index (χ4v) is 3.84. The molecule has 1 amide bonds. The van der Waals surface area contributed by atoms with E-state index in [1.54, 1.807) is 43.9 Å². The molecule has 2 aromatic heterocycles. The first-order valence-electron chi connectivity index (χ1n) is 10.0. The van der Waals surface area contributed by atoms with Gasteiger partial charge in [0.25, 0.3) is 0 Å². The number of rotatable bonds is 8.